The van der Waals surface area contributed by atoms with Gasteiger partial charge in [-0.3, -0.25) is 0 Å². The van der Waals surface area contributed by atoms with Crippen molar-refractivity contribution in [2.45, 2.75) is 13.2 Å². The van der Waals surface area contributed by atoms with Crippen LogP contribution in [-0.2, 0) is 11.3 Å². The zero-order valence-electron chi connectivity index (χ0n) is 9.44. The van der Waals surface area contributed by atoms with Crippen molar-refractivity contribution in [3.63, 3.8) is 0 Å². The second-order valence-electron chi connectivity index (χ2n) is 3.20. The highest BCUT2D eigenvalue weighted by Crippen LogP contribution is 2.26. The summed E-state index contributed by atoms with van der Waals surface area (Å²) in [6, 6.07) is 4.14. The third-order valence-electron chi connectivity index (χ3n) is 2.13. The number of rotatable bonds is 4. The maximum absolute atomic E-state index is 12.2. The van der Waals surface area contributed by atoms with Gasteiger partial charge in [0.2, 0.25) is 0 Å². The molecule has 0 atom stereocenters. The third-order valence-corrected chi connectivity index (χ3v) is 2.13. The number of nitriles is 1. The van der Waals surface area contributed by atoms with E-state index in [9.17, 15) is 13.6 Å². The van der Waals surface area contributed by atoms with Crippen LogP contribution in [-0.4, -0.2) is 19.7 Å². The van der Waals surface area contributed by atoms with E-state index in [0.29, 0.717) is 5.56 Å². The molecule has 0 aliphatic rings. The summed E-state index contributed by atoms with van der Waals surface area (Å²) in [4.78, 5) is 11.4. The molecule has 1 aromatic rings. The summed E-state index contributed by atoms with van der Waals surface area (Å²) in [5, 5.41) is 8.91. The van der Waals surface area contributed by atoms with E-state index < -0.39 is 18.3 Å². The van der Waals surface area contributed by atoms with Gasteiger partial charge in [0.25, 0.3) is 0 Å². The van der Waals surface area contributed by atoms with E-state index in [1.807, 2.05) is 0 Å². The van der Waals surface area contributed by atoms with Crippen LogP contribution in [0.15, 0.2) is 12.1 Å². The highest BCUT2D eigenvalue weighted by atomic mass is 19.3. The molecule has 7 heteroatoms. The second kappa shape index (κ2) is 5.93. The van der Waals surface area contributed by atoms with E-state index in [4.69, 9.17) is 11.0 Å². The van der Waals surface area contributed by atoms with Crippen molar-refractivity contribution >= 4 is 5.97 Å². The van der Waals surface area contributed by atoms with Gasteiger partial charge in [-0.15, -0.1) is 0 Å². The predicted octanol–water partition coefficient (Wildman–Crippen LogP) is 1.40. The number of methoxy groups -OCH3 is 1. The van der Waals surface area contributed by atoms with Crippen molar-refractivity contribution in [3.8, 4) is 11.8 Å². The van der Waals surface area contributed by atoms with Crippen molar-refractivity contribution in [1.29, 1.82) is 5.26 Å². The Morgan fingerprint density at radius 1 is 1.56 bits per heavy atom. The number of ether oxygens (including phenoxy) is 2. The van der Waals surface area contributed by atoms with Gasteiger partial charge in [-0.05, 0) is 17.7 Å². The SMILES string of the molecule is COC(=O)c1cc(CN)cc(OC(F)F)c1C#N. The van der Waals surface area contributed by atoms with E-state index in [2.05, 4.69) is 9.47 Å². The molecule has 5 nitrogen and oxygen atoms in total. The summed E-state index contributed by atoms with van der Waals surface area (Å²) < 4.78 is 33.1. The molecular weight excluding hydrogens is 246 g/mol. The van der Waals surface area contributed by atoms with Crippen LogP contribution < -0.4 is 10.5 Å². The Morgan fingerprint density at radius 3 is 2.67 bits per heavy atom. The lowest BCUT2D eigenvalue weighted by Crippen LogP contribution is -2.11. The quantitative estimate of drug-likeness (QED) is 0.823. The number of hydrogen-bond acceptors (Lipinski definition) is 5. The van der Waals surface area contributed by atoms with Gasteiger partial charge < -0.3 is 15.2 Å². The molecule has 0 saturated carbocycles. The molecule has 0 aromatic heterocycles. The van der Waals surface area contributed by atoms with E-state index in [-0.39, 0.29) is 17.7 Å². The zero-order valence-corrected chi connectivity index (χ0v) is 9.44. The van der Waals surface area contributed by atoms with Crippen molar-refractivity contribution in [2.24, 2.45) is 5.73 Å². The molecule has 1 rings (SSSR count). The summed E-state index contributed by atoms with van der Waals surface area (Å²) in [6.07, 6.45) is 0. The molecule has 0 saturated heterocycles. The minimum Gasteiger partial charge on any atom is -0.465 e. The van der Waals surface area contributed by atoms with E-state index in [1.165, 1.54) is 12.1 Å². The molecule has 0 fully saturated rings. The van der Waals surface area contributed by atoms with E-state index >= 15 is 0 Å². The number of carbonyl (C=O) groups is 1. The lowest BCUT2D eigenvalue weighted by atomic mass is 10.0. The molecule has 0 spiro atoms. The monoisotopic (exact) mass is 256 g/mol. The molecule has 0 radical (unpaired) electrons. The Bertz CT molecular complexity index is 498. The Labute approximate surface area is 102 Å². The van der Waals surface area contributed by atoms with Crippen LogP contribution in [0.2, 0.25) is 0 Å². The predicted molar refractivity (Wildman–Crippen MR) is 57.0 cm³/mol. The standard InChI is InChI=1S/C11H10F2N2O3/c1-17-10(16)7-2-6(4-14)3-9(8(7)5-15)18-11(12)13/h2-3,11H,4,14H2,1H3. The minimum atomic E-state index is -3.10. The summed E-state index contributed by atoms with van der Waals surface area (Å²) in [5.41, 5.74) is 5.29. The number of hydrogen-bond donors (Lipinski definition) is 1. The molecule has 96 valence electrons. The number of esters is 1. The molecule has 0 aliphatic heterocycles. The van der Waals surface area contributed by atoms with Crippen molar-refractivity contribution in [3.05, 3.63) is 28.8 Å². The van der Waals surface area contributed by atoms with Crippen LogP contribution in [0.5, 0.6) is 5.75 Å². The maximum atomic E-state index is 12.2. The fraction of sp³-hybridized carbons (Fsp3) is 0.273. The van der Waals surface area contributed by atoms with Crippen molar-refractivity contribution in [2.75, 3.05) is 7.11 Å². The lowest BCUT2D eigenvalue weighted by molar-refractivity contribution is -0.0501. The number of halogens is 2. The minimum absolute atomic E-state index is 0.00923. The molecule has 0 unspecified atom stereocenters. The largest absolute Gasteiger partial charge is 0.465 e. The molecular formula is C11H10F2N2O3. The van der Waals surface area contributed by atoms with Gasteiger partial charge in [0.05, 0.1) is 12.7 Å². The van der Waals surface area contributed by atoms with Crippen LogP contribution >= 0.6 is 0 Å². The van der Waals surface area contributed by atoms with Gasteiger partial charge in [0, 0.05) is 6.54 Å². The topological polar surface area (TPSA) is 85.3 Å². The first kappa shape index (κ1) is 13.9. The van der Waals surface area contributed by atoms with Crippen LogP contribution in [0.1, 0.15) is 21.5 Å². The van der Waals surface area contributed by atoms with Crippen LogP contribution in [0.4, 0.5) is 8.78 Å². The third kappa shape index (κ3) is 2.93. The Morgan fingerprint density at radius 2 is 2.22 bits per heavy atom. The van der Waals surface area contributed by atoms with Crippen LogP contribution in [0.25, 0.3) is 0 Å². The van der Waals surface area contributed by atoms with Crippen LogP contribution in [0, 0.1) is 11.3 Å². The first-order valence-electron chi connectivity index (χ1n) is 4.83. The van der Waals surface area contributed by atoms with Gasteiger partial charge >= 0.3 is 12.6 Å². The average molecular weight is 256 g/mol. The zero-order chi connectivity index (χ0) is 13.7. The maximum Gasteiger partial charge on any atom is 0.387 e. The number of nitrogens with zero attached hydrogens (tertiary/aromatic N) is 1. The molecule has 2 N–H and O–H groups in total. The van der Waals surface area contributed by atoms with Crippen molar-refractivity contribution < 1.29 is 23.0 Å². The number of alkyl halides is 2. The van der Waals surface area contributed by atoms with E-state index in [0.717, 1.165) is 7.11 Å². The lowest BCUT2D eigenvalue weighted by Gasteiger charge is -2.11. The normalized spacial score (nSPS) is 10.0. The van der Waals surface area contributed by atoms with Gasteiger partial charge in [0.15, 0.2) is 0 Å². The fourth-order valence-electron chi connectivity index (χ4n) is 1.37. The molecule has 18 heavy (non-hydrogen) atoms. The Kier molecular flexibility index (Phi) is 4.57. The summed E-state index contributed by atoms with van der Waals surface area (Å²) in [7, 11) is 1.12. The Balaban J connectivity index is 3.40. The summed E-state index contributed by atoms with van der Waals surface area (Å²) >= 11 is 0. The molecule has 0 aliphatic carbocycles. The molecule has 0 bridgehead atoms. The first-order valence-corrected chi connectivity index (χ1v) is 4.83. The highest BCUT2D eigenvalue weighted by molar-refractivity contribution is 5.93. The van der Waals surface area contributed by atoms with Crippen LogP contribution in [0.3, 0.4) is 0 Å². The average Bonchev–Trinajstić information content (AvgIpc) is 2.36. The van der Waals surface area contributed by atoms with Crippen molar-refractivity contribution in [1.82, 2.24) is 0 Å². The number of carbonyl (C=O) groups excluding carboxylic acids is 1. The number of nitrogens with two attached hydrogens (primary N) is 1. The summed E-state index contributed by atoms with van der Waals surface area (Å²) in [5.74, 6) is -1.21. The van der Waals surface area contributed by atoms with Gasteiger partial charge in [-0.1, -0.05) is 0 Å². The van der Waals surface area contributed by atoms with Gasteiger partial charge in [0.1, 0.15) is 17.4 Å². The van der Waals surface area contributed by atoms with Gasteiger partial charge in [-0.25, -0.2) is 4.79 Å². The second-order valence-corrected chi connectivity index (χ2v) is 3.20. The Hall–Kier alpha value is -2.20. The smallest absolute Gasteiger partial charge is 0.387 e. The highest BCUT2D eigenvalue weighted by Gasteiger charge is 2.20. The van der Waals surface area contributed by atoms with E-state index in [1.54, 1.807) is 6.07 Å². The molecule has 0 heterocycles. The first-order chi connectivity index (χ1) is 8.53. The molecule has 0 amide bonds. The molecule has 1 aromatic carbocycles. The summed E-state index contributed by atoms with van der Waals surface area (Å²) in [6.45, 7) is -3.09. The van der Waals surface area contributed by atoms with Gasteiger partial charge in [-0.2, -0.15) is 14.0 Å². The number of benzene rings is 1. The fourth-order valence-corrected chi connectivity index (χ4v) is 1.37.